The Labute approximate surface area is 110 Å². The molecule has 102 valence electrons. The van der Waals surface area contributed by atoms with Gasteiger partial charge in [0.05, 0.1) is 19.8 Å². The lowest BCUT2D eigenvalue weighted by Crippen LogP contribution is -2.43. The second kappa shape index (κ2) is 4.79. The first kappa shape index (κ1) is 13.2. The maximum atomic E-state index is 12.1. The molecule has 1 aromatic rings. The van der Waals surface area contributed by atoms with Crippen molar-refractivity contribution in [3.63, 3.8) is 0 Å². The van der Waals surface area contributed by atoms with Gasteiger partial charge in [-0.2, -0.15) is 0 Å². The first-order chi connectivity index (χ1) is 9.02. The number of ether oxygens (including phenoxy) is 2. The third-order valence-electron chi connectivity index (χ3n) is 3.17. The Kier molecular flexibility index (Phi) is 3.33. The fraction of sp³-hybridized carbons (Fsp3) is 0.385. The van der Waals surface area contributed by atoms with Gasteiger partial charge in [-0.05, 0) is 25.0 Å². The Bertz CT molecular complexity index is 522. The van der Waals surface area contributed by atoms with Crippen LogP contribution < -0.4 is 14.8 Å². The van der Waals surface area contributed by atoms with Crippen LogP contribution in [0.15, 0.2) is 18.2 Å². The van der Waals surface area contributed by atoms with Gasteiger partial charge >= 0.3 is 5.97 Å². The molecule has 19 heavy (non-hydrogen) atoms. The molecule has 0 aliphatic heterocycles. The third-order valence-corrected chi connectivity index (χ3v) is 3.17. The van der Waals surface area contributed by atoms with Crippen molar-refractivity contribution >= 4 is 11.9 Å². The summed E-state index contributed by atoms with van der Waals surface area (Å²) in [7, 11) is 2.95. The Morgan fingerprint density at radius 3 is 2.42 bits per heavy atom. The van der Waals surface area contributed by atoms with E-state index in [9.17, 15) is 9.59 Å². The molecule has 0 saturated heterocycles. The largest absolute Gasteiger partial charge is 0.497 e. The number of nitrogens with one attached hydrogen (secondary N) is 1. The summed E-state index contributed by atoms with van der Waals surface area (Å²) in [4.78, 5) is 23.1. The average Bonchev–Trinajstić information content (AvgIpc) is 3.18. The van der Waals surface area contributed by atoms with E-state index < -0.39 is 17.4 Å². The number of hydrogen-bond donors (Lipinski definition) is 2. The topological polar surface area (TPSA) is 84.9 Å². The van der Waals surface area contributed by atoms with Crippen LogP contribution in [0.5, 0.6) is 11.5 Å². The first-order valence-electron chi connectivity index (χ1n) is 5.80. The lowest BCUT2D eigenvalue weighted by molar-refractivity contribution is -0.140. The van der Waals surface area contributed by atoms with Gasteiger partial charge in [-0.3, -0.25) is 4.79 Å². The van der Waals surface area contributed by atoms with Crippen molar-refractivity contribution in [2.45, 2.75) is 18.4 Å². The summed E-state index contributed by atoms with van der Waals surface area (Å²) in [5, 5.41) is 11.6. The molecule has 0 unspecified atom stereocenters. The van der Waals surface area contributed by atoms with E-state index in [0.717, 1.165) is 0 Å². The van der Waals surface area contributed by atoms with E-state index in [1.807, 2.05) is 0 Å². The number of aliphatic carboxylic acids is 1. The molecule has 1 saturated carbocycles. The van der Waals surface area contributed by atoms with Crippen LogP contribution in [0.2, 0.25) is 0 Å². The number of carbonyl (C=O) groups is 2. The summed E-state index contributed by atoms with van der Waals surface area (Å²) in [6.45, 7) is 0. The number of carbonyl (C=O) groups excluding carboxylic acids is 1. The molecule has 0 bridgehead atoms. The van der Waals surface area contributed by atoms with Crippen molar-refractivity contribution in [1.29, 1.82) is 0 Å². The van der Waals surface area contributed by atoms with E-state index in [4.69, 9.17) is 14.6 Å². The average molecular weight is 265 g/mol. The number of carboxylic acid groups (broad SMARTS) is 1. The van der Waals surface area contributed by atoms with Crippen LogP contribution in [0, 0.1) is 0 Å². The van der Waals surface area contributed by atoms with Gasteiger partial charge in [0, 0.05) is 6.07 Å². The van der Waals surface area contributed by atoms with Gasteiger partial charge in [-0.25, -0.2) is 4.79 Å². The van der Waals surface area contributed by atoms with Gasteiger partial charge in [-0.15, -0.1) is 0 Å². The van der Waals surface area contributed by atoms with Gasteiger partial charge in [-0.1, -0.05) is 0 Å². The minimum absolute atomic E-state index is 0.288. The molecule has 6 nitrogen and oxygen atoms in total. The van der Waals surface area contributed by atoms with Crippen LogP contribution in [0.3, 0.4) is 0 Å². The summed E-state index contributed by atoms with van der Waals surface area (Å²) in [5.74, 6) is -0.557. The number of amides is 1. The quantitative estimate of drug-likeness (QED) is 0.831. The van der Waals surface area contributed by atoms with Crippen molar-refractivity contribution in [2.24, 2.45) is 0 Å². The number of hydrogen-bond acceptors (Lipinski definition) is 4. The molecule has 0 aromatic heterocycles. The van der Waals surface area contributed by atoms with Crippen molar-refractivity contribution < 1.29 is 24.2 Å². The van der Waals surface area contributed by atoms with E-state index >= 15 is 0 Å². The summed E-state index contributed by atoms with van der Waals surface area (Å²) in [5.41, 5.74) is -0.821. The van der Waals surface area contributed by atoms with Crippen LogP contribution in [0.4, 0.5) is 0 Å². The second-order valence-electron chi connectivity index (χ2n) is 4.41. The summed E-state index contributed by atoms with van der Waals surface area (Å²) >= 11 is 0. The predicted octanol–water partition coefficient (Wildman–Crippen LogP) is 1.05. The second-order valence-corrected chi connectivity index (χ2v) is 4.41. The lowest BCUT2D eigenvalue weighted by Gasteiger charge is -2.14. The summed E-state index contributed by atoms with van der Waals surface area (Å²) in [6, 6.07) is 4.75. The highest BCUT2D eigenvalue weighted by Crippen LogP contribution is 2.36. The number of carboxylic acids is 1. The highest BCUT2D eigenvalue weighted by molar-refractivity contribution is 6.01. The molecular formula is C13H15NO5. The normalized spacial score (nSPS) is 15.5. The number of benzene rings is 1. The van der Waals surface area contributed by atoms with Gasteiger partial charge in [0.1, 0.15) is 17.0 Å². The molecule has 0 heterocycles. The molecule has 1 aliphatic rings. The Morgan fingerprint density at radius 2 is 1.95 bits per heavy atom. The fourth-order valence-electron chi connectivity index (χ4n) is 1.79. The minimum Gasteiger partial charge on any atom is -0.497 e. The van der Waals surface area contributed by atoms with Crippen LogP contribution in [0.25, 0.3) is 0 Å². The molecule has 2 N–H and O–H groups in total. The monoisotopic (exact) mass is 265 g/mol. The molecule has 1 aromatic carbocycles. The smallest absolute Gasteiger partial charge is 0.329 e. The number of methoxy groups -OCH3 is 2. The van der Waals surface area contributed by atoms with Crippen molar-refractivity contribution in [3.05, 3.63) is 23.8 Å². The van der Waals surface area contributed by atoms with Gasteiger partial charge in [0.15, 0.2) is 0 Å². The lowest BCUT2D eigenvalue weighted by atomic mass is 10.1. The van der Waals surface area contributed by atoms with Crippen LogP contribution in [-0.2, 0) is 4.79 Å². The van der Waals surface area contributed by atoms with Crippen molar-refractivity contribution in [1.82, 2.24) is 5.32 Å². The SMILES string of the molecule is COc1ccc(C(=O)NC2(C(=O)O)CC2)c(OC)c1. The third kappa shape index (κ3) is 2.47. The van der Waals surface area contributed by atoms with E-state index in [0.29, 0.717) is 24.3 Å². The molecule has 1 aliphatic carbocycles. The van der Waals surface area contributed by atoms with Gasteiger partial charge in [0.25, 0.3) is 5.91 Å². The maximum absolute atomic E-state index is 12.1. The molecular weight excluding hydrogens is 250 g/mol. The molecule has 2 rings (SSSR count). The predicted molar refractivity (Wildman–Crippen MR) is 66.6 cm³/mol. The van der Waals surface area contributed by atoms with Crippen LogP contribution >= 0.6 is 0 Å². The summed E-state index contributed by atoms with van der Waals surface area (Å²) in [6.07, 6.45) is 0.902. The van der Waals surface area contributed by atoms with E-state index in [1.165, 1.54) is 14.2 Å². The van der Waals surface area contributed by atoms with E-state index in [-0.39, 0.29) is 5.56 Å². The first-order valence-corrected chi connectivity index (χ1v) is 5.80. The van der Waals surface area contributed by atoms with E-state index in [1.54, 1.807) is 18.2 Å². The fourth-order valence-corrected chi connectivity index (χ4v) is 1.79. The maximum Gasteiger partial charge on any atom is 0.329 e. The van der Waals surface area contributed by atoms with Gasteiger partial charge < -0.3 is 19.9 Å². The minimum atomic E-state index is -1.11. The van der Waals surface area contributed by atoms with Crippen molar-refractivity contribution in [2.75, 3.05) is 14.2 Å². The Morgan fingerprint density at radius 1 is 1.26 bits per heavy atom. The molecule has 0 radical (unpaired) electrons. The van der Waals surface area contributed by atoms with E-state index in [2.05, 4.69) is 5.32 Å². The zero-order valence-electron chi connectivity index (χ0n) is 10.7. The van der Waals surface area contributed by atoms with Crippen molar-refractivity contribution in [3.8, 4) is 11.5 Å². The van der Waals surface area contributed by atoms with Crippen LogP contribution in [0.1, 0.15) is 23.2 Å². The Hall–Kier alpha value is -2.24. The Balaban J connectivity index is 2.22. The molecule has 0 spiro atoms. The standard InChI is InChI=1S/C13H15NO5/c1-18-8-3-4-9(10(7-8)19-2)11(15)14-13(5-6-13)12(16)17/h3-4,7H,5-6H2,1-2H3,(H,14,15)(H,16,17). The summed E-state index contributed by atoms with van der Waals surface area (Å²) < 4.78 is 10.2. The number of rotatable bonds is 5. The van der Waals surface area contributed by atoms with Crippen LogP contribution in [-0.4, -0.2) is 36.7 Å². The highest BCUT2D eigenvalue weighted by Gasteiger charge is 2.51. The van der Waals surface area contributed by atoms with Gasteiger partial charge in [0.2, 0.25) is 0 Å². The molecule has 0 atom stereocenters. The molecule has 6 heteroatoms. The molecule has 1 amide bonds. The molecule has 1 fully saturated rings. The zero-order valence-corrected chi connectivity index (χ0v) is 10.7. The highest BCUT2D eigenvalue weighted by atomic mass is 16.5. The zero-order chi connectivity index (χ0) is 14.0.